The highest BCUT2D eigenvalue weighted by molar-refractivity contribution is 7.99. The fourth-order valence-electron chi connectivity index (χ4n) is 1.85. The Morgan fingerprint density at radius 3 is 3.12 bits per heavy atom. The molecule has 1 aliphatic rings. The molecule has 0 saturated carbocycles. The highest BCUT2D eigenvalue weighted by atomic mass is 32.2. The van der Waals surface area contributed by atoms with Gasteiger partial charge in [-0.25, -0.2) is 4.98 Å². The normalized spacial score (nSPS) is 20.7. The van der Waals surface area contributed by atoms with E-state index in [2.05, 4.69) is 22.1 Å². The zero-order valence-corrected chi connectivity index (χ0v) is 10.5. The van der Waals surface area contributed by atoms with Crippen molar-refractivity contribution in [2.45, 2.75) is 31.4 Å². The minimum atomic E-state index is 0.744. The minimum Gasteiger partial charge on any atom is -0.397 e. The van der Waals surface area contributed by atoms with Gasteiger partial charge in [-0.05, 0) is 37.1 Å². The number of pyridine rings is 1. The Morgan fingerprint density at radius 1 is 1.56 bits per heavy atom. The van der Waals surface area contributed by atoms with Crippen LogP contribution in [0.25, 0.3) is 0 Å². The summed E-state index contributed by atoms with van der Waals surface area (Å²) in [5, 5.41) is 4.14. The topological polar surface area (TPSA) is 50.9 Å². The van der Waals surface area contributed by atoms with Crippen LogP contribution in [0.2, 0.25) is 0 Å². The maximum Gasteiger partial charge on any atom is 0.126 e. The van der Waals surface area contributed by atoms with Crippen molar-refractivity contribution in [2.75, 3.05) is 23.3 Å². The molecule has 1 aromatic heterocycles. The first-order chi connectivity index (χ1) is 7.75. The third-order valence-electron chi connectivity index (χ3n) is 2.94. The van der Waals surface area contributed by atoms with E-state index < -0.39 is 0 Å². The van der Waals surface area contributed by atoms with Crippen molar-refractivity contribution >= 4 is 23.3 Å². The van der Waals surface area contributed by atoms with Crippen molar-refractivity contribution < 1.29 is 0 Å². The van der Waals surface area contributed by atoms with Crippen LogP contribution in [0.4, 0.5) is 11.5 Å². The SMILES string of the molecule is Cc1cc(NCC2CCCCS2)ncc1N. The van der Waals surface area contributed by atoms with Crippen LogP contribution in [-0.4, -0.2) is 22.5 Å². The molecule has 16 heavy (non-hydrogen) atoms. The van der Waals surface area contributed by atoms with Crippen molar-refractivity contribution in [1.29, 1.82) is 0 Å². The molecular weight excluding hydrogens is 218 g/mol. The van der Waals surface area contributed by atoms with Gasteiger partial charge in [0.1, 0.15) is 5.82 Å². The Kier molecular flexibility index (Phi) is 3.93. The highest BCUT2D eigenvalue weighted by Crippen LogP contribution is 2.25. The van der Waals surface area contributed by atoms with Gasteiger partial charge < -0.3 is 11.1 Å². The zero-order chi connectivity index (χ0) is 11.4. The first kappa shape index (κ1) is 11.6. The summed E-state index contributed by atoms with van der Waals surface area (Å²) in [6, 6.07) is 2.02. The van der Waals surface area contributed by atoms with Gasteiger partial charge in [0.25, 0.3) is 0 Å². The number of hydrogen-bond donors (Lipinski definition) is 2. The Labute approximate surface area is 101 Å². The first-order valence-corrected chi connectivity index (χ1v) is 6.88. The number of hydrogen-bond acceptors (Lipinski definition) is 4. The maximum absolute atomic E-state index is 5.73. The molecule has 1 unspecified atom stereocenters. The third-order valence-corrected chi connectivity index (χ3v) is 4.33. The molecule has 2 rings (SSSR count). The zero-order valence-electron chi connectivity index (χ0n) is 9.70. The number of rotatable bonds is 3. The lowest BCUT2D eigenvalue weighted by atomic mass is 10.2. The average Bonchev–Trinajstić information content (AvgIpc) is 2.32. The van der Waals surface area contributed by atoms with Crippen molar-refractivity contribution in [3.05, 3.63) is 17.8 Å². The maximum atomic E-state index is 5.73. The molecule has 3 nitrogen and oxygen atoms in total. The fourth-order valence-corrected chi connectivity index (χ4v) is 3.09. The Morgan fingerprint density at radius 2 is 2.44 bits per heavy atom. The number of nitrogens with zero attached hydrogens (tertiary/aromatic N) is 1. The molecule has 0 radical (unpaired) electrons. The lowest BCUT2D eigenvalue weighted by molar-refractivity contribution is 0.677. The van der Waals surface area contributed by atoms with Crippen molar-refractivity contribution in [3.8, 4) is 0 Å². The van der Waals surface area contributed by atoms with E-state index in [4.69, 9.17) is 5.73 Å². The fraction of sp³-hybridized carbons (Fsp3) is 0.583. The van der Waals surface area contributed by atoms with Gasteiger partial charge in [-0.2, -0.15) is 11.8 Å². The van der Waals surface area contributed by atoms with E-state index in [9.17, 15) is 0 Å². The van der Waals surface area contributed by atoms with Crippen molar-refractivity contribution in [3.63, 3.8) is 0 Å². The van der Waals surface area contributed by atoms with E-state index in [0.717, 1.165) is 28.9 Å². The summed E-state index contributed by atoms with van der Waals surface area (Å²) in [4.78, 5) is 4.28. The predicted molar refractivity (Wildman–Crippen MR) is 72.0 cm³/mol. The number of aryl methyl sites for hydroxylation is 1. The minimum absolute atomic E-state index is 0.744. The van der Waals surface area contributed by atoms with Crippen LogP contribution < -0.4 is 11.1 Å². The Hall–Kier alpha value is -0.900. The second-order valence-electron chi connectivity index (χ2n) is 4.30. The van der Waals surface area contributed by atoms with E-state index in [1.165, 1.54) is 25.0 Å². The summed E-state index contributed by atoms with van der Waals surface area (Å²) in [6.07, 6.45) is 5.80. The molecule has 0 amide bonds. The molecule has 1 aliphatic heterocycles. The van der Waals surface area contributed by atoms with E-state index in [1.807, 2.05) is 13.0 Å². The molecule has 0 spiro atoms. The number of thioether (sulfide) groups is 1. The van der Waals surface area contributed by atoms with Gasteiger partial charge in [0.15, 0.2) is 0 Å². The molecule has 3 N–H and O–H groups in total. The van der Waals surface area contributed by atoms with Gasteiger partial charge in [-0.3, -0.25) is 0 Å². The second-order valence-corrected chi connectivity index (χ2v) is 5.70. The number of anilines is 2. The first-order valence-electron chi connectivity index (χ1n) is 5.83. The van der Waals surface area contributed by atoms with Crippen LogP contribution in [0, 0.1) is 6.92 Å². The van der Waals surface area contributed by atoms with Crippen LogP contribution in [-0.2, 0) is 0 Å². The predicted octanol–water partition coefficient (Wildman–Crippen LogP) is 2.67. The molecule has 1 saturated heterocycles. The van der Waals surface area contributed by atoms with Crippen molar-refractivity contribution in [2.24, 2.45) is 0 Å². The van der Waals surface area contributed by atoms with E-state index >= 15 is 0 Å². The number of nitrogens with one attached hydrogen (secondary N) is 1. The molecule has 0 aromatic carbocycles. The molecule has 1 fully saturated rings. The lowest BCUT2D eigenvalue weighted by Crippen LogP contribution is -2.20. The Balaban J connectivity index is 1.86. The van der Waals surface area contributed by atoms with Crippen LogP contribution >= 0.6 is 11.8 Å². The number of aromatic nitrogens is 1. The summed E-state index contributed by atoms with van der Waals surface area (Å²) in [6.45, 7) is 3.03. The van der Waals surface area contributed by atoms with Gasteiger partial charge in [-0.15, -0.1) is 0 Å². The molecule has 0 aliphatic carbocycles. The van der Waals surface area contributed by atoms with Gasteiger partial charge in [0.2, 0.25) is 0 Å². The van der Waals surface area contributed by atoms with Gasteiger partial charge in [-0.1, -0.05) is 6.42 Å². The van der Waals surface area contributed by atoms with Gasteiger partial charge in [0.05, 0.1) is 11.9 Å². The van der Waals surface area contributed by atoms with E-state index in [0.29, 0.717) is 0 Å². The van der Waals surface area contributed by atoms with E-state index in [-0.39, 0.29) is 0 Å². The monoisotopic (exact) mass is 237 g/mol. The molecular formula is C12H19N3S. The molecule has 0 bridgehead atoms. The summed E-state index contributed by atoms with van der Waals surface area (Å²) in [5.74, 6) is 2.25. The molecule has 1 aromatic rings. The van der Waals surface area contributed by atoms with Gasteiger partial charge >= 0.3 is 0 Å². The summed E-state index contributed by atoms with van der Waals surface area (Å²) >= 11 is 2.07. The van der Waals surface area contributed by atoms with Crippen LogP contribution in [0.15, 0.2) is 12.3 Å². The Bertz CT molecular complexity index is 348. The highest BCUT2D eigenvalue weighted by Gasteiger charge is 2.13. The van der Waals surface area contributed by atoms with Crippen molar-refractivity contribution in [1.82, 2.24) is 4.98 Å². The van der Waals surface area contributed by atoms with Crippen LogP contribution in [0.3, 0.4) is 0 Å². The molecule has 4 heteroatoms. The van der Waals surface area contributed by atoms with Crippen LogP contribution in [0.1, 0.15) is 24.8 Å². The van der Waals surface area contributed by atoms with E-state index in [1.54, 1.807) is 6.20 Å². The smallest absolute Gasteiger partial charge is 0.126 e. The second kappa shape index (κ2) is 5.43. The quantitative estimate of drug-likeness (QED) is 0.848. The molecule has 88 valence electrons. The largest absolute Gasteiger partial charge is 0.397 e. The number of nitrogens with two attached hydrogens (primary N) is 1. The summed E-state index contributed by atoms with van der Waals surface area (Å²) in [7, 11) is 0. The standard InChI is InChI=1S/C12H19N3S/c1-9-6-12(15-8-11(9)13)14-7-10-4-2-3-5-16-10/h6,8,10H,2-5,7,13H2,1H3,(H,14,15). The number of nitrogen functional groups attached to an aromatic ring is 1. The van der Waals surface area contributed by atoms with Gasteiger partial charge in [0, 0.05) is 11.8 Å². The van der Waals surface area contributed by atoms with Crippen LogP contribution in [0.5, 0.6) is 0 Å². The lowest BCUT2D eigenvalue weighted by Gasteiger charge is -2.21. The summed E-state index contributed by atoms with van der Waals surface area (Å²) < 4.78 is 0. The molecule has 1 atom stereocenters. The average molecular weight is 237 g/mol. The third kappa shape index (κ3) is 3.04. The summed E-state index contributed by atoms with van der Waals surface area (Å²) in [5.41, 5.74) is 7.59. The molecule has 2 heterocycles.